The van der Waals surface area contributed by atoms with Crippen molar-refractivity contribution in [3.63, 3.8) is 0 Å². The second-order valence-corrected chi connectivity index (χ2v) is 15.9. The molecule has 5 N–H and O–H groups in total. The van der Waals surface area contributed by atoms with Crippen molar-refractivity contribution in [2.45, 2.75) is 105 Å². The normalized spacial score (nSPS) is 24.4. The lowest BCUT2D eigenvalue weighted by Gasteiger charge is -2.38. The van der Waals surface area contributed by atoms with Gasteiger partial charge in [0.15, 0.2) is 0 Å². The molecule has 6 atom stereocenters. The van der Waals surface area contributed by atoms with Crippen molar-refractivity contribution in [2.24, 2.45) is 39.7 Å². The maximum atomic E-state index is 14.3. The van der Waals surface area contributed by atoms with Crippen LogP contribution in [0.4, 0.5) is 4.79 Å². The lowest BCUT2D eigenvalue weighted by Crippen LogP contribution is -2.62. The van der Waals surface area contributed by atoms with E-state index in [0.29, 0.717) is 19.4 Å². The molecular formula is C34H51N5O5. The molecule has 1 saturated heterocycles. The number of carbonyl (C=O) groups is 5. The summed E-state index contributed by atoms with van der Waals surface area (Å²) in [5, 5.41) is 8.85. The maximum Gasteiger partial charge on any atom is 0.315 e. The first-order valence-electron chi connectivity index (χ1n) is 15.9. The molecule has 10 nitrogen and oxygen atoms in total. The average molecular weight is 610 g/mol. The number of amides is 5. The molecule has 0 radical (unpaired) electrons. The fourth-order valence-corrected chi connectivity index (χ4v) is 6.73. The number of nitrogens with zero attached hydrogens (tertiary/aromatic N) is 1. The van der Waals surface area contributed by atoms with Crippen LogP contribution < -0.4 is 21.7 Å². The molecular weight excluding hydrogens is 558 g/mol. The zero-order valence-corrected chi connectivity index (χ0v) is 27.5. The quantitative estimate of drug-likeness (QED) is 0.284. The van der Waals surface area contributed by atoms with Crippen molar-refractivity contribution < 1.29 is 24.0 Å². The number of piperidine rings is 1. The topological polar surface area (TPSA) is 151 Å². The van der Waals surface area contributed by atoms with E-state index >= 15 is 0 Å². The Labute approximate surface area is 261 Å². The fraction of sp³-hybridized carbons (Fsp3) is 0.676. The van der Waals surface area contributed by atoms with Crippen LogP contribution in [0.25, 0.3) is 0 Å². The fourth-order valence-electron chi connectivity index (χ4n) is 6.73. The number of nitrogens with one attached hydrogen (secondary N) is 3. The van der Waals surface area contributed by atoms with Crippen LogP contribution in [-0.4, -0.2) is 65.1 Å². The van der Waals surface area contributed by atoms with Crippen LogP contribution in [0.15, 0.2) is 30.3 Å². The minimum atomic E-state index is -1.08. The van der Waals surface area contributed by atoms with Gasteiger partial charge < -0.3 is 26.6 Å². The van der Waals surface area contributed by atoms with Crippen LogP contribution in [0.1, 0.15) is 80.2 Å². The van der Waals surface area contributed by atoms with Crippen molar-refractivity contribution in [3.05, 3.63) is 35.9 Å². The summed E-state index contributed by atoms with van der Waals surface area (Å²) in [6.07, 6.45) is 2.86. The SMILES string of the molecule is CC(C)(C)[C@H](NC(=O)N[C@H](Cc1ccccc1)C(C)(C)C)C(=O)N1C[C@H]2[C@@H]([C@H]1C(=O)NC(CC1CC1)C(=O)C(N)=O)C2(C)C. The lowest BCUT2D eigenvalue weighted by molar-refractivity contribution is -0.145. The van der Waals surface area contributed by atoms with Gasteiger partial charge in [0.05, 0.1) is 6.04 Å². The summed E-state index contributed by atoms with van der Waals surface area (Å²) in [6.45, 7) is 16.4. The first-order chi connectivity index (χ1) is 20.3. The third-order valence-corrected chi connectivity index (χ3v) is 9.92. The number of rotatable bonds is 11. The highest BCUT2D eigenvalue weighted by atomic mass is 16.2. The molecule has 0 spiro atoms. The second-order valence-electron chi connectivity index (χ2n) is 15.9. The Bertz CT molecular complexity index is 1280. The third-order valence-electron chi connectivity index (χ3n) is 9.92. The van der Waals surface area contributed by atoms with Crippen molar-refractivity contribution in [2.75, 3.05) is 6.54 Å². The molecule has 2 saturated carbocycles. The molecule has 1 heterocycles. The van der Waals surface area contributed by atoms with Crippen molar-refractivity contribution >= 4 is 29.5 Å². The van der Waals surface area contributed by atoms with E-state index in [-0.39, 0.29) is 40.5 Å². The summed E-state index contributed by atoms with van der Waals surface area (Å²) in [7, 11) is 0. The van der Waals surface area contributed by atoms with Gasteiger partial charge in [-0.1, -0.05) is 98.6 Å². The molecule has 4 rings (SSSR count). The Morgan fingerprint density at radius 3 is 2.07 bits per heavy atom. The molecule has 10 heteroatoms. The van der Waals surface area contributed by atoms with E-state index in [1.54, 1.807) is 4.90 Å². The van der Waals surface area contributed by atoms with Crippen LogP contribution in [0.5, 0.6) is 0 Å². The van der Waals surface area contributed by atoms with E-state index in [2.05, 4.69) is 50.6 Å². The standard InChI is InChI=1S/C34H51N5O5/c1-32(2,3)23(17-19-12-10-9-11-13-19)37-31(44)38-27(33(4,5)6)30(43)39-18-21-24(34(21,7)8)25(39)29(42)36-22(16-20-14-15-20)26(40)28(35)41/h9-13,20-25,27H,14-18H2,1-8H3,(H2,35,41)(H,36,42)(H2,37,38,44)/t21-,22?,23+,24-,25-,27+/m0/s1. The van der Waals surface area contributed by atoms with Crippen molar-refractivity contribution in [1.29, 1.82) is 0 Å². The largest absolute Gasteiger partial charge is 0.363 e. The number of fused-ring (bicyclic) bond motifs is 1. The highest BCUT2D eigenvalue weighted by Gasteiger charge is 2.70. The van der Waals surface area contributed by atoms with Gasteiger partial charge in [0, 0.05) is 12.6 Å². The molecule has 5 amide bonds. The van der Waals surface area contributed by atoms with E-state index in [4.69, 9.17) is 5.73 Å². The number of primary amides is 1. The molecule has 44 heavy (non-hydrogen) atoms. The molecule has 1 aromatic rings. The molecule has 1 unspecified atom stereocenters. The van der Waals surface area contributed by atoms with Crippen LogP contribution in [0.3, 0.4) is 0 Å². The minimum Gasteiger partial charge on any atom is -0.363 e. The number of nitrogens with two attached hydrogens (primary N) is 1. The van der Waals surface area contributed by atoms with Gasteiger partial charge in [0.25, 0.3) is 5.91 Å². The number of benzene rings is 1. The molecule has 0 bridgehead atoms. The predicted octanol–water partition coefficient (Wildman–Crippen LogP) is 3.18. The van der Waals surface area contributed by atoms with Crippen LogP contribution in [0.2, 0.25) is 0 Å². The van der Waals surface area contributed by atoms with Crippen molar-refractivity contribution in [3.8, 4) is 0 Å². The van der Waals surface area contributed by atoms with Gasteiger partial charge in [-0.15, -0.1) is 0 Å². The van der Waals surface area contributed by atoms with Gasteiger partial charge >= 0.3 is 6.03 Å². The molecule has 1 aliphatic heterocycles. The molecule has 3 aliphatic rings. The number of hydrogen-bond acceptors (Lipinski definition) is 5. The number of carbonyl (C=O) groups excluding carboxylic acids is 5. The highest BCUT2D eigenvalue weighted by Crippen LogP contribution is 2.65. The van der Waals surface area contributed by atoms with Crippen LogP contribution in [-0.2, 0) is 25.6 Å². The van der Waals surface area contributed by atoms with Crippen molar-refractivity contribution in [1.82, 2.24) is 20.9 Å². The van der Waals surface area contributed by atoms with Gasteiger partial charge in [-0.3, -0.25) is 19.2 Å². The Balaban J connectivity index is 1.52. The van der Waals surface area contributed by atoms with E-state index in [1.165, 1.54) is 0 Å². The highest BCUT2D eigenvalue weighted by molar-refractivity contribution is 6.37. The summed E-state index contributed by atoms with van der Waals surface area (Å²) in [5.74, 6) is -2.41. The minimum absolute atomic E-state index is 0.0951. The summed E-state index contributed by atoms with van der Waals surface area (Å²) in [4.78, 5) is 67.5. The molecule has 242 valence electrons. The first kappa shape index (κ1) is 33.5. The van der Waals surface area contributed by atoms with E-state index in [1.807, 2.05) is 51.1 Å². The van der Waals surface area contributed by atoms with Crippen LogP contribution in [0, 0.1) is 34.0 Å². The molecule has 3 fully saturated rings. The number of Topliss-reactive ketones (excluding diaryl/α,β-unsaturated/α-hetero) is 1. The molecule has 1 aromatic carbocycles. The zero-order valence-electron chi connectivity index (χ0n) is 27.5. The van der Waals surface area contributed by atoms with Gasteiger partial charge in [-0.2, -0.15) is 0 Å². The van der Waals surface area contributed by atoms with E-state index < -0.39 is 47.2 Å². The summed E-state index contributed by atoms with van der Waals surface area (Å²) < 4.78 is 0. The summed E-state index contributed by atoms with van der Waals surface area (Å²) >= 11 is 0. The molecule has 0 aromatic heterocycles. The number of likely N-dealkylation sites (tertiary alicyclic amines) is 1. The molecule has 2 aliphatic carbocycles. The van der Waals surface area contributed by atoms with E-state index in [0.717, 1.165) is 18.4 Å². The Morgan fingerprint density at radius 1 is 0.932 bits per heavy atom. The van der Waals surface area contributed by atoms with Gasteiger partial charge in [-0.05, 0) is 52.4 Å². The smallest absolute Gasteiger partial charge is 0.315 e. The summed E-state index contributed by atoms with van der Waals surface area (Å²) in [5.41, 5.74) is 5.33. The predicted molar refractivity (Wildman–Crippen MR) is 168 cm³/mol. The van der Waals surface area contributed by atoms with Gasteiger partial charge in [0.2, 0.25) is 17.6 Å². The second kappa shape index (κ2) is 12.2. The maximum absolute atomic E-state index is 14.3. The number of urea groups is 1. The monoisotopic (exact) mass is 609 g/mol. The first-order valence-corrected chi connectivity index (χ1v) is 15.9. The Hall–Kier alpha value is -3.43. The third kappa shape index (κ3) is 7.44. The Morgan fingerprint density at radius 2 is 1.55 bits per heavy atom. The Kier molecular flexibility index (Phi) is 9.25. The average Bonchev–Trinajstić information content (AvgIpc) is 3.77. The lowest BCUT2D eigenvalue weighted by atomic mass is 9.83. The van der Waals surface area contributed by atoms with Gasteiger partial charge in [0.1, 0.15) is 12.1 Å². The van der Waals surface area contributed by atoms with Gasteiger partial charge in [-0.25, -0.2) is 4.79 Å². The summed E-state index contributed by atoms with van der Waals surface area (Å²) in [6, 6.07) is 6.55. The zero-order chi connectivity index (χ0) is 32.8. The number of ketones is 1. The van der Waals surface area contributed by atoms with E-state index in [9.17, 15) is 24.0 Å². The number of hydrogen-bond donors (Lipinski definition) is 4. The van der Waals surface area contributed by atoms with Crippen LogP contribution >= 0.6 is 0 Å².